The summed E-state index contributed by atoms with van der Waals surface area (Å²) in [5.74, 6) is 0.00988. The van der Waals surface area contributed by atoms with Crippen LogP contribution in [0.3, 0.4) is 0 Å². The van der Waals surface area contributed by atoms with E-state index >= 15 is 0 Å². The number of thioether (sulfide) groups is 1. The molecule has 1 saturated heterocycles. The maximum Gasteiger partial charge on any atom is 0.233 e. The molecule has 1 aliphatic carbocycles. The predicted octanol–water partition coefficient (Wildman–Crippen LogP) is 2.34. The Morgan fingerprint density at radius 3 is 2.50 bits per heavy atom. The number of benzene rings is 1. The molecule has 0 N–H and O–H groups in total. The first kappa shape index (κ1) is 12.5. The van der Waals surface area contributed by atoms with Gasteiger partial charge in [0.1, 0.15) is 0 Å². The maximum absolute atomic E-state index is 12.3. The molecule has 0 bridgehead atoms. The zero-order valence-electron chi connectivity index (χ0n) is 11.6. The van der Waals surface area contributed by atoms with Crippen molar-refractivity contribution in [3.63, 3.8) is 0 Å². The molecular formula is C16H17NO2S. The number of likely N-dealkylation sites (tertiary alicyclic amines) is 1. The Morgan fingerprint density at radius 2 is 1.85 bits per heavy atom. The maximum atomic E-state index is 12.3. The minimum atomic E-state index is -0.101. The van der Waals surface area contributed by atoms with Crippen LogP contribution >= 0.6 is 11.8 Å². The van der Waals surface area contributed by atoms with Crippen LogP contribution < -0.4 is 0 Å². The molecule has 3 nitrogen and oxygen atoms in total. The molecule has 1 saturated carbocycles. The average molecular weight is 287 g/mol. The Labute approximate surface area is 122 Å². The molecule has 2 aliphatic heterocycles. The van der Waals surface area contributed by atoms with Gasteiger partial charge in [0.15, 0.2) is 0 Å². The smallest absolute Gasteiger partial charge is 0.233 e. The Kier molecular flexibility index (Phi) is 2.41. The number of carbonyl (C=O) groups is 2. The van der Waals surface area contributed by atoms with Crippen LogP contribution in [0.2, 0.25) is 0 Å². The molecule has 1 aromatic carbocycles. The summed E-state index contributed by atoms with van der Waals surface area (Å²) < 4.78 is 0. The third-order valence-corrected chi connectivity index (χ3v) is 6.29. The van der Waals surface area contributed by atoms with Crippen LogP contribution in [0, 0.1) is 17.3 Å². The van der Waals surface area contributed by atoms with E-state index in [1.807, 2.05) is 26.0 Å². The number of hydrogen-bond donors (Lipinski definition) is 0. The lowest BCUT2D eigenvalue weighted by Crippen LogP contribution is -2.40. The van der Waals surface area contributed by atoms with Crippen molar-refractivity contribution < 1.29 is 9.59 Å². The van der Waals surface area contributed by atoms with Crippen molar-refractivity contribution in [2.24, 2.45) is 17.3 Å². The number of rotatable bonds is 2. The molecule has 0 radical (unpaired) electrons. The van der Waals surface area contributed by atoms with Gasteiger partial charge in [-0.3, -0.25) is 14.5 Å². The second-order valence-electron chi connectivity index (χ2n) is 6.62. The number of carbonyl (C=O) groups excluding carboxylic acids is 2. The zero-order chi connectivity index (χ0) is 14.1. The summed E-state index contributed by atoms with van der Waals surface area (Å²) in [5, 5.41) is 0.320. The number of amides is 2. The zero-order valence-corrected chi connectivity index (χ0v) is 12.4. The highest BCUT2D eigenvalue weighted by Crippen LogP contribution is 2.63. The molecule has 2 fully saturated rings. The topological polar surface area (TPSA) is 37.4 Å². The van der Waals surface area contributed by atoms with E-state index in [0.717, 1.165) is 6.42 Å². The van der Waals surface area contributed by atoms with Crippen LogP contribution in [0.25, 0.3) is 0 Å². The first-order valence-corrected chi connectivity index (χ1v) is 7.98. The van der Waals surface area contributed by atoms with Gasteiger partial charge in [-0.1, -0.05) is 32.0 Å². The largest absolute Gasteiger partial charge is 0.281 e. The van der Waals surface area contributed by atoms with Crippen molar-refractivity contribution in [1.82, 2.24) is 4.90 Å². The lowest BCUT2D eigenvalue weighted by molar-refractivity contribution is -0.143. The van der Waals surface area contributed by atoms with Crippen LogP contribution in [0.5, 0.6) is 0 Å². The van der Waals surface area contributed by atoms with Crippen LogP contribution in [0.1, 0.15) is 19.4 Å². The molecule has 104 valence electrons. The van der Waals surface area contributed by atoms with Crippen molar-refractivity contribution >= 4 is 23.6 Å². The molecule has 3 atom stereocenters. The van der Waals surface area contributed by atoms with E-state index in [2.05, 4.69) is 12.1 Å². The van der Waals surface area contributed by atoms with Crippen LogP contribution in [-0.4, -0.2) is 28.5 Å². The number of piperidine rings is 1. The van der Waals surface area contributed by atoms with E-state index in [-0.39, 0.29) is 29.1 Å². The highest BCUT2D eigenvalue weighted by atomic mass is 32.2. The fraction of sp³-hybridized carbons (Fsp3) is 0.500. The lowest BCUT2D eigenvalue weighted by atomic mass is 10.0. The summed E-state index contributed by atoms with van der Waals surface area (Å²) in [6.07, 6.45) is 0.955. The van der Waals surface area contributed by atoms with Crippen molar-refractivity contribution in [1.29, 1.82) is 0 Å². The fourth-order valence-electron chi connectivity index (χ4n) is 3.74. The van der Waals surface area contributed by atoms with Gasteiger partial charge < -0.3 is 0 Å². The van der Waals surface area contributed by atoms with Gasteiger partial charge in [0.25, 0.3) is 0 Å². The second-order valence-corrected chi connectivity index (χ2v) is 7.96. The van der Waals surface area contributed by atoms with Gasteiger partial charge in [0.05, 0.1) is 11.8 Å². The van der Waals surface area contributed by atoms with E-state index in [9.17, 15) is 9.59 Å². The second kappa shape index (κ2) is 3.88. The first-order valence-electron chi connectivity index (χ1n) is 7.10. The van der Waals surface area contributed by atoms with Crippen LogP contribution in [0.15, 0.2) is 29.2 Å². The Hall–Kier alpha value is -1.29. The van der Waals surface area contributed by atoms with E-state index in [4.69, 9.17) is 0 Å². The highest BCUT2D eigenvalue weighted by Gasteiger charge is 2.72. The molecule has 2 amide bonds. The van der Waals surface area contributed by atoms with Crippen molar-refractivity contribution in [2.75, 3.05) is 6.54 Å². The van der Waals surface area contributed by atoms with Crippen LogP contribution in [0.4, 0.5) is 0 Å². The highest BCUT2D eigenvalue weighted by molar-refractivity contribution is 8.00. The Morgan fingerprint density at radius 1 is 1.20 bits per heavy atom. The summed E-state index contributed by atoms with van der Waals surface area (Å²) in [5.41, 5.74) is 1.24. The summed E-state index contributed by atoms with van der Waals surface area (Å²) in [4.78, 5) is 27.5. The monoisotopic (exact) mass is 287 g/mol. The van der Waals surface area contributed by atoms with E-state index in [1.165, 1.54) is 15.4 Å². The minimum absolute atomic E-state index is 0.0521. The van der Waals surface area contributed by atoms with Gasteiger partial charge in [-0.15, -0.1) is 11.8 Å². The summed E-state index contributed by atoms with van der Waals surface area (Å²) >= 11 is 1.80. The Balaban J connectivity index is 1.48. The van der Waals surface area contributed by atoms with Gasteiger partial charge >= 0.3 is 0 Å². The SMILES string of the molecule is CC1(C)C2C(=O)N(CC3Cc4ccccc4S3)C(=O)C21. The van der Waals surface area contributed by atoms with Gasteiger partial charge in [-0.2, -0.15) is 0 Å². The minimum Gasteiger partial charge on any atom is -0.281 e. The normalized spacial score (nSPS) is 33.3. The quantitative estimate of drug-likeness (QED) is 0.784. The average Bonchev–Trinajstić information content (AvgIpc) is 2.71. The fourth-order valence-corrected chi connectivity index (χ4v) is 5.05. The summed E-state index contributed by atoms with van der Waals surface area (Å²) in [6.45, 7) is 4.62. The van der Waals surface area contributed by atoms with Crippen molar-refractivity contribution in [3.8, 4) is 0 Å². The van der Waals surface area contributed by atoms with E-state index in [0.29, 0.717) is 11.8 Å². The molecule has 3 aliphatic rings. The molecule has 0 aromatic heterocycles. The third kappa shape index (κ3) is 1.54. The van der Waals surface area contributed by atoms with Gasteiger partial charge in [-0.05, 0) is 23.5 Å². The first-order chi connectivity index (χ1) is 9.50. The molecular weight excluding hydrogens is 270 g/mol. The molecule has 20 heavy (non-hydrogen) atoms. The van der Waals surface area contributed by atoms with Gasteiger partial charge in [0.2, 0.25) is 11.8 Å². The van der Waals surface area contributed by atoms with Gasteiger partial charge in [-0.25, -0.2) is 0 Å². The standard InChI is InChI=1S/C16H17NO2S/c1-16(2)12-13(16)15(19)17(14(12)18)8-10-7-9-5-3-4-6-11(9)20-10/h3-6,10,12-13H,7-8H2,1-2H3. The summed E-state index contributed by atoms with van der Waals surface area (Å²) in [6, 6.07) is 8.34. The van der Waals surface area contributed by atoms with Crippen molar-refractivity contribution in [2.45, 2.75) is 30.4 Å². The molecule has 4 heteroatoms. The molecule has 3 unspecified atom stereocenters. The molecule has 2 heterocycles. The predicted molar refractivity (Wildman–Crippen MR) is 77.3 cm³/mol. The third-order valence-electron chi connectivity index (χ3n) is 4.99. The molecule has 4 rings (SSSR count). The number of hydrogen-bond acceptors (Lipinski definition) is 3. The molecule has 0 spiro atoms. The van der Waals surface area contributed by atoms with Crippen LogP contribution in [-0.2, 0) is 16.0 Å². The number of nitrogens with zero attached hydrogens (tertiary/aromatic N) is 1. The van der Waals surface area contributed by atoms with E-state index in [1.54, 1.807) is 11.8 Å². The van der Waals surface area contributed by atoms with E-state index < -0.39 is 0 Å². The Bertz CT molecular complexity index is 576. The lowest BCUT2D eigenvalue weighted by Gasteiger charge is -2.23. The van der Waals surface area contributed by atoms with Gasteiger partial charge in [0, 0.05) is 16.7 Å². The summed E-state index contributed by atoms with van der Waals surface area (Å²) in [7, 11) is 0. The van der Waals surface area contributed by atoms with Crippen molar-refractivity contribution in [3.05, 3.63) is 29.8 Å². The number of fused-ring (bicyclic) bond motifs is 2. The number of imide groups is 1. The molecule has 1 aromatic rings.